The van der Waals surface area contributed by atoms with Crippen LogP contribution in [0.4, 0.5) is 0 Å². The summed E-state index contributed by atoms with van der Waals surface area (Å²) in [6.45, 7) is 4.51. The summed E-state index contributed by atoms with van der Waals surface area (Å²) in [4.78, 5) is 14.7. The van der Waals surface area contributed by atoms with E-state index in [0.717, 1.165) is 12.4 Å². The van der Waals surface area contributed by atoms with Crippen LogP contribution >= 0.6 is 11.8 Å². The molecule has 5 nitrogen and oxygen atoms in total. The number of rotatable bonds is 6. The second-order valence-electron chi connectivity index (χ2n) is 3.25. The number of aromatic nitrogens is 3. The number of aliphatic carboxylic acids is 1. The molecule has 1 aromatic rings. The molecule has 0 aromatic carbocycles. The molecule has 1 atom stereocenters. The second-order valence-corrected chi connectivity index (χ2v) is 4.28. The van der Waals surface area contributed by atoms with E-state index in [4.69, 9.17) is 5.11 Å². The van der Waals surface area contributed by atoms with Crippen LogP contribution in [0.15, 0.2) is 6.33 Å². The van der Waals surface area contributed by atoms with Crippen molar-refractivity contribution in [3.63, 3.8) is 0 Å². The first-order chi connectivity index (χ1) is 7.15. The first-order valence-corrected chi connectivity index (χ1v) is 5.97. The number of carbonyl (C=O) groups is 1. The van der Waals surface area contributed by atoms with Gasteiger partial charge in [-0.05, 0) is 6.92 Å². The first-order valence-electron chi connectivity index (χ1n) is 4.82. The van der Waals surface area contributed by atoms with Gasteiger partial charge in [0.25, 0.3) is 0 Å². The standard InChI is InChI=1S/C9H15N3O2S/c1-3-12-8(10-6-11-12)5-15-4-7(2)9(13)14/h6-7H,3-5H2,1-2H3,(H,13,14). The Morgan fingerprint density at radius 1 is 1.73 bits per heavy atom. The van der Waals surface area contributed by atoms with Gasteiger partial charge in [0.1, 0.15) is 12.2 Å². The molecule has 84 valence electrons. The molecule has 0 saturated carbocycles. The second kappa shape index (κ2) is 5.75. The zero-order valence-corrected chi connectivity index (χ0v) is 9.70. The highest BCUT2D eigenvalue weighted by molar-refractivity contribution is 7.98. The minimum atomic E-state index is -0.751. The van der Waals surface area contributed by atoms with E-state index in [0.29, 0.717) is 11.5 Å². The lowest BCUT2D eigenvalue weighted by Gasteiger charge is -2.05. The zero-order valence-electron chi connectivity index (χ0n) is 8.88. The predicted molar refractivity (Wildman–Crippen MR) is 58.7 cm³/mol. The van der Waals surface area contributed by atoms with E-state index >= 15 is 0 Å². The summed E-state index contributed by atoms with van der Waals surface area (Å²) in [6.07, 6.45) is 1.53. The largest absolute Gasteiger partial charge is 0.481 e. The number of hydrogen-bond acceptors (Lipinski definition) is 4. The van der Waals surface area contributed by atoms with Gasteiger partial charge in [0.2, 0.25) is 0 Å². The van der Waals surface area contributed by atoms with Gasteiger partial charge in [0.05, 0.1) is 11.7 Å². The third-order valence-electron chi connectivity index (χ3n) is 2.02. The van der Waals surface area contributed by atoms with Gasteiger partial charge < -0.3 is 5.11 Å². The van der Waals surface area contributed by atoms with Crippen molar-refractivity contribution in [3.05, 3.63) is 12.2 Å². The Labute approximate surface area is 92.9 Å². The summed E-state index contributed by atoms with van der Waals surface area (Å²) in [5, 5.41) is 12.7. The summed E-state index contributed by atoms with van der Waals surface area (Å²) in [7, 11) is 0. The lowest BCUT2D eigenvalue weighted by atomic mass is 10.2. The SMILES string of the molecule is CCn1ncnc1CSCC(C)C(=O)O. The van der Waals surface area contributed by atoms with Crippen molar-refractivity contribution in [3.8, 4) is 0 Å². The van der Waals surface area contributed by atoms with E-state index in [2.05, 4.69) is 10.1 Å². The van der Waals surface area contributed by atoms with E-state index < -0.39 is 5.97 Å². The maximum atomic E-state index is 10.6. The van der Waals surface area contributed by atoms with Crippen LogP contribution in [0.25, 0.3) is 0 Å². The number of nitrogens with zero attached hydrogens (tertiary/aromatic N) is 3. The molecule has 0 bridgehead atoms. The Hall–Kier alpha value is -1.04. The quantitative estimate of drug-likeness (QED) is 0.795. The predicted octanol–water partition coefficient (Wildman–Crippen LogP) is 1.25. The van der Waals surface area contributed by atoms with Gasteiger partial charge in [0.15, 0.2) is 0 Å². The maximum absolute atomic E-state index is 10.6. The van der Waals surface area contributed by atoms with E-state index in [1.54, 1.807) is 18.7 Å². The fourth-order valence-corrected chi connectivity index (χ4v) is 2.08. The van der Waals surface area contributed by atoms with Gasteiger partial charge in [-0.15, -0.1) is 0 Å². The van der Waals surface area contributed by atoms with E-state index in [1.165, 1.54) is 6.33 Å². The molecule has 0 aliphatic heterocycles. The van der Waals surface area contributed by atoms with Crippen molar-refractivity contribution in [2.24, 2.45) is 5.92 Å². The molecule has 1 rings (SSSR count). The number of aryl methyl sites for hydroxylation is 1. The molecule has 15 heavy (non-hydrogen) atoms. The molecular formula is C9H15N3O2S. The molecule has 6 heteroatoms. The third-order valence-corrected chi connectivity index (χ3v) is 3.21. The van der Waals surface area contributed by atoms with Crippen molar-refractivity contribution in [1.82, 2.24) is 14.8 Å². The zero-order chi connectivity index (χ0) is 11.3. The fourth-order valence-electron chi connectivity index (χ4n) is 1.06. The fraction of sp³-hybridized carbons (Fsp3) is 0.667. The molecule has 1 aromatic heterocycles. The van der Waals surface area contributed by atoms with Crippen LogP contribution in [-0.2, 0) is 17.1 Å². The van der Waals surface area contributed by atoms with Gasteiger partial charge in [0, 0.05) is 12.3 Å². The highest BCUT2D eigenvalue weighted by Crippen LogP contribution is 2.13. The lowest BCUT2D eigenvalue weighted by molar-refractivity contribution is -0.140. The number of thioether (sulfide) groups is 1. The van der Waals surface area contributed by atoms with Gasteiger partial charge in [-0.3, -0.25) is 4.79 Å². The summed E-state index contributed by atoms with van der Waals surface area (Å²) < 4.78 is 1.82. The normalized spacial score (nSPS) is 12.7. The highest BCUT2D eigenvalue weighted by atomic mass is 32.2. The topological polar surface area (TPSA) is 68.0 Å². The molecule has 0 spiro atoms. The maximum Gasteiger partial charge on any atom is 0.307 e. The number of carboxylic acids is 1. The average Bonchev–Trinajstić information content (AvgIpc) is 2.65. The minimum absolute atomic E-state index is 0.312. The van der Waals surface area contributed by atoms with Gasteiger partial charge >= 0.3 is 5.97 Å². The van der Waals surface area contributed by atoms with E-state index in [9.17, 15) is 4.79 Å². The van der Waals surface area contributed by atoms with Crippen molar-refractivity contribution in [2.75, 3.05) is 5.75 Å². The summed E-state index contributed by atoms with van der Waals surface area (Å²) in [5.41, 5.74) is 0. The van der Waals surface area contributed by atoms with Crippen molar-refractivity contribution >= 4 is 17.7 Å². The molecule has 0 aliphatic carbocycles. The summed E-state index contributed by atoms with van der Waals surface area (Å²) in [5.74, 6) is 1.16. The Morgan fingerprint density at radius 3 is 3.07 bits per heavy atom. The Morgan fingerprint density at radius 2 is 2.47 bits per heavy atom. The van der Waals surface area contributed by atoms with Crippen LogP contribution in [0, 0.1) is 5.92 Å². The van der Waals surface area contributed by atoms with Crippen LogP contribution in [0.1, 0.15) is 19.7 Å². The molecule has 1 unspecified atom stereocenters. The Balaban J connectivity index is 2.34. The van der Waals surface area contributed by atoms with Crippen molar-refractivity contribution in [2.45, 2.75) is 26.1 Å². The van der Waals surface area contributed by atoms with E-state index in [1.807, 2.05) is 11.6 Å². The van der Waals surface area contributed by atoms with Crippen molar-refractivity contribution < 1.29 is 9.90 Å². The molecule has 0 radical (unpaired) electrons. The minimum Gasteiger partial charge on any atom is -0.481 e. The van der Waals surface area contributed by atoms with Gasteiger partial charge in [-0.25, -0.2) is 9.67 Å². The number of hydrogen-bond donors (Lipinski definition) is 1. The molecule has 0 amide bonds. The third kappa shape index (κ3) is 3.54. The summed E-state index contributed by atoms with van der Waals surface area (Å²) >= 11 is 1.57. The summed E-state index contributed by atoms with van der Waals surface area (Å²) in [6, 6.07) is 0. The molecule has 0 saturated heterocycles. The van der Waals surface area contributed by atoms with Crippen LogP contribution in [0.3, 0.4) is 0 Å². The highest BCUT2D eigenvalue weighted by Gasteiger charge is 2.11. The molecular weight excluding hydrogens is 214 g/mol. The van der Waals surface area contributed by atoms with E-state index in [-0.39, 0.29) is 5.92 Å². The monoisotopic (exact) mass is 229 g/mol. The smallest absolute Gasteiger partial charge is 0.307 e. The molecule has 1 heterocycles. The number of carboxylic acid groups (broad SMARTS) is 1. The molecule has 0 aliphatic rings. The molecule has 1 N–H and O–H groups in total. The van der Waals surface area contributed by atoms with Crippen LogP contribution in [0.2, 0.25) is 0 Å². The van der Waals surface area contributed by atoms with Gasteiger partial charge in [-0.1, -0.05) is 6.92 Å². The van der Waals surface area contributed by atoms with Gasteiger partial charge in [-0.2, -0.15) is 16.9 Å². The molecule has 0 fully saturated rings. The Bertz CT molecular complexity index is 327. The van der Waals surface area contributed by atoms with Crippen LogP contribution in [-0.4, -0.2) is 31.6 Å². The van der Waals surface area contributed by atoms with Crippen LogP contribution < -0.4 is 0 Å². The van der Waals surface area contributed by atoms with Crippen LogP contribution in [0.5, 0.6) is 0 Å². The average molecular weight is 229 g/mol. The Kier molecular flexibility index (Phi) is 4.61. The first kappa shape index (κ1) is 12.0. The van der Waals surface area contributed by atoms with Crippen molar-refractivity contribution in [1.29, 1.82) is 0 Å². The lowest BCUT2D eigenvalue weighted by Crippen LogP contribution is -2.12.